The molecule has 0 amide bonds. The molecule has 132 valence electrons. The molecule has 0 saturated carbocycles. The smallest absolute Gasteiger partial charge is 0.286 e. The zero-order chi connectivity index (χ0) is 18.6. The van der Waals surface area contributed by atoms with E-state index in [9.17, 15) is 10.1 Å². The molecule has 6 nitrogen and oxygen atoms in total. The molecule has 3 heterocycles. The van der Waals surface area contributed by atoms with Crippen molar-refractivity contribution < 1.29 is 4.92 Å². The highest BCUT2D eigenvalue weighted by Gasteiger charge is 2.28. The Morgan fingerprint density at radius 2 is 1.81 bits per heavy atom. The number of halogens is 1. The summed E-state index contributed by atoms with van der Waals surface area (Å²) in [6.07, 6.45) is 1.55. The van der Waals surface area contributed by atoms with Gasteiger partial charge in [0.05, 0.1) is 20.4 Å². The van der Waals surface area contributed by atoms with E-state index in [0.29, 0.717) is 5.65 Å². The van der Waals surface area contributed by atoms with Gasteiger partial charge in [-0.25, -0.2) is 4.98 Å². The van der Waals surface area contributed by atoms with Crippen LogP contribution in [0.25, 0.3) is 28.1 Å². The molecule has 26 heavy (non-hydrogen) atoms. The van der Waals surface area contributed by atoms with E-state index in [-0.39, 0.29) is 16.1 Å². The normalized spacial score (nSPS) is 12.2. The summed E-state index contributed by atoms with van der Waals surface area (Å²) >= 11 is 2.33. The third-order valence-corrected chi connectivity index (χ3v) is 5.38. The summed E-state index contributed by atoms with van der Waals surface area (Å²) in [6.45, 7) is 6.39. The molecule has 4 aromatic rings. The molecule has 3 aromatic heterocycles. The van der Waals surface area contributed by atoms with Crippen molar-refractivity contribution >= 4 is 45.1 Å². The van der Waals surface area contributed by atoms with Gasteiger partial charge in [-0.05, 0) is 55.0 Å². The van der Waals surface area contributed by atoms with Gasteiger partial charge in [0.1, 0.15) is 16.8 Å². The first-order chi connectivity index (χ1) is 12.3. The number of hydrogen-bond acceptors (Lipinski definition) is 3. The van der Waals surface area contributed by atoms with E-state index >= 15 is 0 Å². The van der Waals surface area contributed by atoms with Crippen molar-refractivity contribution in [3.05, 3.63) is 62.3 Å². The molecule has 0 radical (unpaired) electrons. The first-order valence-corrected chi connectivity index (χ1v) is 9.29. The monoisotopic (exact) mass is 460 g/mol. The van der Waals surface area contributed by atoms with Crippen LogP contribution in [0.4, 0.5) is 5.69 Å². The van der Waals surface area contributed by atoms with E-state index in [1.165, 1.54) is 6.07 Å². The van der Waals surface area contributed by atoms with Gasteiger partial charge in [-0.3, -0.25) is 14.5 Å². The molecule has 0 bridgehead atoms. The third-order valence-electron chi connectivity index (χ3n) is 4.36. The Morgan fingerprint density at radius 3 is 2.42 bits per heavy atom. The Balaban J connectivity index is 2.18. The molecule has 0 aliphatic heterocycles. The second-order valence-corrected chi connectivity index (χ2v) is 8.27. The van der Waals surface area contributed by atoms with Crippen molar-refractivity contribution in [2.75, 3.05) is 0 Å². The second kappa shape index (κ2) is 5.80. The molecule has 1 aromatic carbocycles. The Kier molecular flexibility index (Phi) is 3.80. The lowest BCUT2D eigenvalue weighted by molar-refractivity contribution is -0.385. The van der Waals surface area contributed by atoms with Crippen molar-refractivity contribution in [2.24, 2.45) is 0 Å². The number of imidazole rings is 1. The summed E-state index contributed by atoms with van der Waals surface area (Å²) in [5.41, 5.74) is 4.44. The van der Waals surface area contributed by atoms with Gasteiger partial charge in [0.15, 0.2) is 0 Å². The summed E-state index contributed by atoms with van der Waals surface area (Å²) in [6, 6.07) is 13.4. The fourth-order valence-electron chi connectivity index (χ4n) is 3.31. The molecule has 4 rings (SSSR count). The van der Waals surface area contributed by atoms with E-state index in [4.69, 9.17) is 4.98 Å². The van der Waals surface area contributed by atoms with Crippen molar-refractivity contribution in [1.29, 1.82) is 0 Å². The largest absolute Gasteiger partial charge is 0.319 e. The van der Waals surface area contributed by atoms with E-state index in [0.717, 1.165) is 26.0 Å². The number of hydrogen-bond donors (Lipinski definition) is 0. The molecule has 0 spiro atoms. The summed E-state index contributed by atoms with van der Waals surface area (Å²) in [5.74, 6) is 0. The van der Waals surface area contributed by atoms with Gasteiger partial charge in [0.25, 0.3) is 5.69 Å². The van der Waals surface area contributed by atoms with E-state index in [1.807, 2.05) is 22.6 Å². The highest BCUT2D eigenvalue weighted by Crippen LogP contribution is 2.39. The van der Waals surface area contributed by atoms with Gasteiger partial charge in [0.2, 0.25) is 0 Å². The van der Waals surface area contributed by atoms with E-state index in [1.54, 1.807) is 12.3 Å². The minimum Gasteiger partial charge on any atom is -0.319 e. The van der Waals surface area contributed by atoms with Crippen LogP contribution < -0.4 is 0 Å². The number of aromatic nitrogens is 3. The van der Waals surface area contributed by atoms with Crippen LogP contribution in [0.1, 0.15) is 20.8 Å². The minimum atomic E-state index is -0.376. The van der Waals surface area contributed by atoms with E-state index in [2.05, 4.69) is 60.1 Å². The molecular formula is C19H17IN4O2. The average Bonchev–Trinajstić information content (AvgIpc) is 3.10. The Bertz CT molecular complexity index is 1150. The Labute approximate surface area is 163 Å². The number of nitrogens with zero attached hydrogens (tertiary/aromatic N) is 4. The zero-order valence-electron chi connectivity index (χ0n) is 14.6. The van der Waals surface area contributed by atoms with Gasteiger partial charge in [-0.2, -0.15) is 0 Å². The SMILES string of the molecule is CC(C)(C)n1c(-c2ccccc2)c(I)c2nc3ccc([N+](=O)[O-])cn3c21. The molecule has 0 unspecified atom stereocenters. The maximum atomic E-state index is 11.2. The van der Waals surface area contributed by atoms with Gasteiger partial charge in [-0.1, -0.05) is 30.3 Å². The minimum absolute atomic E-state index is 0.0507. The van der Waals surface area contributed by atoms with Crippen LogP contribution in [-0.4, -0.2) is 18.9 Å². The van der Waals surface area contributed by atoms with Gasteiger partial charge in [0, 0.05) is 11.6 Å². The van der Waals surface area contributed by atoms with Crippen LogP contribution in [-0.2, 0) is 5.54 Å². The number of nitro groups is 1. The van der Waals surface area contributed by atoms with Crippen LogP contribution in [0.2, 0.25) is 0 Å². The third kappa shape index (κ3) is 2.49. The highest BCUT2D eigenvalue weighted by molar-refractivity contribution is 14.1. The lowest BCUT2D eigenvalue weighted by Crippen LogP contribution is -2.23. The first-order valence-electron chi connectivity index (χ1n) is 8.21. The van der Waals surface area contributed by atoms with Crippen LogP contribution in [0.3, 0.4) is 0 Å². The molecule has 0 aliphatic rings. The lowest BCUT2D eigenvalue weighted by Gasteiger charge is -2.26. The van der Waals surface area contributed by atoms with Crippen LogP contribution in [0.15, 0.2) is 48.7 Å². The molecule has 0 saturated heterocycles. The van der Waals surface area contributed by atoms with Crippen molar-refractivity contribution in [3.8, 4) is 11.3 Å². The van der Waals surface area contributed by atoms with Crippen LogP contribution in [0.5, 0.6) is 0 Å². The summed E-state index contributed by atoms with van der Waals surface area (Å²) in [7, 11) is 0. The number of benzene rings is 1. The lowest BCUT2D eigenvalue weighted by atomic mass is 10.1. The first kappa shape index (κ1) is 17.0. The number of pyridine rings is 1. The van der Waals surface area contributed by atoms with Crippen molar-refractivity contribution in [2.45, 2.75) is 26.3 Å². The van der Waals surface area contributed by atoms with Crippen LogP contribution in [0, 0.1) is 13.7 Å². The van der Waals surface area contributed by atoms with Gasteiger partial charge < -0.3 is 4.57 Å². The molecular weight excluding hydrogens is 443 g/mol. The molecule has 7 heteroatoms. The maximum Gasteiger partial charge on any atom is 0.286 e. The number of fused-ring (bicyclic) bond motifs is 3. The zero-order valence-corrected chi connectivity index (χ0v) is 16.8. The molecule has 0 aliphatic carbocycles. The van der Waals surface area contributed by atoms with Gasteiger partial charge >= 0.3 is 0 Å². The topological polar surface area (TPSA) is 65.4 Å². The number of rotatable bonds is 2. The molecule has 0 fully saturated rings. The standard InChI is InChI=1S/C19H17IN4O2/c1-19(2,3)23-17(12-7-5-4-6-8-12)15(20)16-18(23)22-11-13(24(25)26)9-10-14(22)21-16/h4-11H,1-3H3. The Hall–Kier alpha value is -2.42. The van der Waals surface area contributed by atoms with Gasteiger partial charge in [-0.15, -0.1) is 0 Å². The molecule has 0 N–H and O–H groups in total. The van der Waals surface area contributed by atoms with E-state index < -0.39 is 0 Å². The van der Waals surface area contributed by atoms with Crippen molar-refractivity contribution in [1.82, 2.24) is 14.0 Å². The van der Waals surface area contributed by atoms with Crippen molar-refractivity contribution in [3.63, 3.8) is 0 Å². The second-order valence-electron chi connectivity index (χ2n) is 7.19. The summed E-state index contributed by atoms with van der Waals surface area (Å²) in [4.78, 5) is 15.6. The fraction of sp³-hybridized carbons (Fsp3) is 0.211. The predicted octanol–water partition coefficient (Wildman–Crippen LogP) is 5.22. The maximum absolute atomic E-state index is 11.2. The molecule has 0 atom stereocenters. The van der Waals surface area contributed by atoms with Crippen LogP contribution >= 0.6 is 22.6 Å². The average molecular weight is 460 g/mol. The summed E-state index contributed by atoms with van der Waals surface area (Å²) in [5, 5.41) is 11.2. The predicted molar refractivity (Wildman–Crippen MR) is 110 cm³/mol. The summed E-state index contributed by atoms with van der Waals surface area (Å²) < 4.78 is 5.10. The highest BCUT2D eigenvalue weighted by atomic mass is 127. The fourth-order valence-corrected chi connectivity index (χ4v) is 4.23. The Morgan fingerprint density at radius 1 is 1.12 bits per heavy atom. The quantitative estimate of drug-likeness (QED) is 0.234.